The highest BCUT2D eigenvalue weighted by atomic mass is 127. The smallest absolute Gasteiger partial charge is 0.193 e. The van der Waals surface area contributed by atoms with Crippen molar-refractivity contribution in [1.82, 2.24) is 4.90 Å². The Morgan fingerprint density at radius 1 is 1.33 bits per heavy atom. The van der Waals surface area contributed by atoms with Crippen molar-refractivity contribution in [2.24, 2.45) is 10.7 Å². The minimum Gasteiger partial charge on any atom is -0.495 e. The first-order valence-electron chi connectivity index (χ1n) is 8.77. The molecule has 3 N–H and O–H groups in total. The maximum atomic E-state index is 6.14. The standard InChI is InChI=1S/C19H25ClN4O2.HI/c1-13-5-7-18(26-13)16(24-9-3-4-10-24)12-22-19(21)23-14-6-8-17(25-2)15(20)11-14;/h5-8,11,16H,3-4,9-10,12H2,1-2H3,(H3,21,22,23);1H. The molecular weight excluding hydrogens is 479 g/mol. The van der Waals surface area contributed by atoms with Gasteiger partial charge < -0.3 is 20.2 Å². The number of halogens is 2. The molecular formula is C19H26ClIN4O2. The summed E-state index contributed by atoms with van der Waals surface area (Å²) in [7, 11) is 1.58. The third kappa shape index (κ3) is 5.76. The van der Waals surface area contributed by atoms with Crippen molar-refractivity contribution in [3.05, 3.63) is 46.9 Å². The molecule has 1 atom stereocenters. The van der Waals surface area contributed by atoms with Crippen LogP contribution in [0.25, 0.3) is 0 Å². The Morgan fingerprint density at radius 3 is 2.67 bits per heavy atom. The lowest BCUT2D eigenvalue weighted by Gasteiger charge is -2.24. The molecule has 1 fully saturated rings. The molecule has 1 aromatic heterocycles. The number of furan rings is 1. The average molecular weight is 505 g/mol. The number of rotatable bonds is 6. The number of guanidine groups is 1. The Labute approximate surface area is 182 Å². The molecule has 1 aromatic carbocycles. The van der Waals surface area contributed by atoms with Crippen molar-refractivity contribution in [3.8, 4) is 5.75 Å². The molecule has 2 heterocycles. The van der Waals surface area contributed by atoms with Crippen molar-refractivity contribution in [1.29, 1.82) is 0 Å². The summed E-state index contributed by atoms with van der Waals surface area (Å²) in [6.07, 6.45) is 2.41. The molecule has 0 aliphatic carbocycles. The van der Waals surface area contributed by atoms with Gasteiger partial charge in [0.25, 0.3) is 0 Å². The molecule has 1 saturated heterocycles. The van der Waals surface area contributed by atoms with Crippen LogP contribution in [0.5, 0.6) is 5.75 Å². The molecule has 6 nitrogen and oxygen atoms in total. The second-order valence-electron chi connectivity index (χ2n) is 6.41. The zero-order chi connectivity index (χ0) is 18.5. The number of anilines is 1. The lowest BCUT2D eigenvalue weighted by Crippen LogP contribution is -2.30. The molecule has 148 valence electrons. The van der Waals surface area contributed by atoms with Gasteiger partial charge in [0.2, 0.25) is 0 Å². The van der Waals surface area contributed by atoms with Crippen LogP contribution in [0, 0.1) is 6.92 Å². The number of aliphatic imine (C=N–C) groups is 1. The monoisotopic (exact) mass is 504 g/mol. The summed E-state index contributed by atoms with van der Waals surface area (Å²) in [6, 6.07) is 9.52. The molecule has 0 saturated carbocycles. The Bertz CT molecular complexity index is 775. The van der Waals surface area contributed by atoms with E-state index in [1.807, 2.05) is 25.1 Å². The SMILES string of the molecule is COc1ccc(NC(N)=NCC(c2ccc(C)o2)N2CCCC2)cc1Cl.I. The fourth-order valence-corrected chi connectivity index (χ4v) is 3.45. The van der Waals surface area contributed by atoms with E-state index < -0.39 is 0 Å². The van der Waals surface area contributed by atoms with Crippen LogP contribution in [-0.4, -0.2) is 37.6 Å². The summed E-state index contributed by atoms with van der Waals surface area (Å²) >= 11 is 6.14. The number of ether oxygens (including phenoxy) is 1. The number of aryl methyl sites for hydroxylation is 1. The fourth-order valence-electron chi connectivity index (χ4n) is 3.19. The van der Waals surface area contributed by atoms with Crippen molar-refractivity contribution in [3.63, 3.8) is 0 Å². The Balaban J connectivity index is 0.00000261. The van der Waals surface area contributed by atoms with E-state index in [2.05, 4.69) is 15.2 Å². The minimum absolute atomic E-state index is 0. The topological polar surface area (TPSA) is 76.0 Å². The van der Waals surface area contributed by atoms with Crippen LogP contribution < -0.4 is 15.8 Å². The van der Waals surface area contributed by atoms with Gasteiger partial charge in [-0.05, 0) is 63.2 Å². The average Bonchev–Trinajstić information content (AvgIpc) is 3.28. The number of methoxy groups -OCH3 is 1. The first kappa shape index (κ1) is 21.8. The first-order valence-corrected chi connectivity index (χ1v) is 9.15. The summed E-state index contributed by atoms with van der Waals surface area (Å²) in [5.74, 6) is 2.81. The number of benzene rings is 1. The molecule has 8 heteroatoms. The summed E-state index contributed by atoms with van der Waals surface area (Å²) in [4.78, 5) is 6.93. The number of nitrogens with zero attached hydrogens (tertiary/aromatic N) is 2. The highest BCUT2D eigenvalue weighted by molar-refractivity contribution is 14.0. The van der Waals surface area contributed by atoms with Crippen LogP contribution in [0.1, 0.15) is 30.4 Å². The van der Waals surface area contributed by atoms with E-state index in [1.54, 1.807) is 19.2 Å². The summed E-state index contributed by atoms with van der Waals surface area (Å²) < 4.78 is 11.0. The van der Waals surface area contributed by atoms with Crippen molar-refractivity contribution >= 4 is 47.2 Å². The number of nitrogens with two attached hydrogens (primary N) is 1. The maximum Gasteiger partial charge on any atom is 0.193 e. The van der Waals surface area contributed by atoms with Gasteiger partial charge in [-0.1, -0.05) is 11.6 Å². The molecule has 27 heavy (non-hydrogen) atoms. The number of nitrogens with one attached hydrogen (secondary N) is 1. The van der Waals surface area contributed by atoms with Crippen LogP contribution in [-0.2, 0) is 0 Å². The molecule has 0 bridgehead atoms. The van der Waals surface area contributed by atoms with E-state index >= 15 is 0 Å². The Hall–Kier alpha value is -1.45. The molecule has 1 aliphatic heterocycles. The Morgan fingerprint density at radius 2 is 2.07 bits per heavy atom. The van der Waals surface area contributed by atoms with E-state index in [9.17, 15) is 0 Å². The zero-order valence-corrected chi connectivity index (χ0v) is 18.7. The van der Waals surface area contributed by atoms with Gasteiger partial charge >= 0.3 is 0 Å². The second-order valence-corrected chi connectivity index (χ2v) is 6.81. The van der Waals surface area contributed by atoms with E-state index in [0.717, 1.165) is 30.3 Å². The predicted octanol–water partition coefficient (Wildman–Crippen LogP) is 4.43. The van der Waals surface area contributed by atoms with Crippen LogP contribution in [0.3, 0.4) is 0 Å². The lowest BCUT2D eigenvalue weighted by atomic mass is 10.2. The maximum absolute atomic E-state index is 6.14. The van der Waals surface area contributed by atoms with E-state index in [-0.39, 0.29) is 30.0 Å². The second kappa shape index (κ2) is 10.2. The molecule has 0 spiro atoms. The summed E-state index contributed by atoms with van der Waals surface area (Å²) in [6.45, 7) is 4.61. The van der Waals surface area contributed by atoms with E-state index in [1.165, 1.54) is 12.8 Å². The number of hydrogen-bond acceptors (Lipinski definition) is 4. The fraction of sp³-hybridized carbons (Fsp3) is 0.421. The van der Waals surface area contributed by atoms with Crippen LogP contribution in [0.4, 0.5) is 5.69 Å². The number of hydrogen-bond donors (Lipinski definition) is 2. The van der Waals surface area contributed by atoms with Crippen LogP contribution >= 0.6 is 35.6 Å². The molecule has 0 amide bonds. The molecule has 1 unspecified atom stereocenters. The van der Waals surface area contributed by atoms with Crippen molar-refractivity contribution in [2.45, 2.75) is 25.8 Å². The van der Waals surface area contributed by atoms with Crippen molar-refractivity contribution in [2.75, 3.05) is 32.1 Å². The quantitative estimate of drug-likeness (QED) is 0.346. The first-order chi connectivity index (χ1) is 12.6. The molecule has 3 rings (SSSR count). The van der Waals surface area contributed by atoms with Gasteiger partial charge in [-0.15, -0.1) is 24.0 Å². The van der Waals surface area contributed by atoms with Gasteiger partial charge in [0.1, 0.15) is 17.3 Å². The number of likely N-dealkylation sites (tertiary alicyclic amines) is 1. The third-order valence-corrected chi connectivity index (χ3v) is 4.83. The normalized spacial score (nSPS) is 16.0. The van der Waals surface area contributed by atoms with Gasteiger partial charge in [0.05, 0.1) is 24.7 Å². The summed E-state index contributed by atoms with van der Waals surface area (Å²) in [5, 5.41) is 3.60. The van der Waals surface area contributed by atoms with E-state index in [4.69, 9.17) is 26.5 Å². The van der Waals surface area contributed by atoms with Crippen molar-refractivity contribution < 1.29 is 9.15 Å². The molecule has 2 aromatic rings. The predicted molar refractivity (Wildman–Crippen MR) is 121 cm³/mol. The van der Waals surface area contributed by atoms with Gasteiger partial charge in [-0.2, -0.15) is 0 Å². The Kier molecular flexibility index (Phi) is 8.25. The zero-order valence-electron chi connectivity index (χ0n) is 15.6. The van der Waals surface area contributed by atoms with Gasteiger partial charge in [0.15, 0.2) is 5.96 Å². The molecule has 1 aliphatic rings. The highest BCUT2D eigenvalue weighted by Crippen LogP contribution is 2.28. The molecule has 0 radical (unpaired) electrons. The highest BCUT2D eigenvalue weighted by Gasteiger charge is 2.25. The largest absolute Gasteiger partial charge is 0.495 e. The van der Waals surface area contributed by atoms with Gasteiger partial charge in [-0.3, -0.25) is 9.89 Å². The van der Waals surface area contributed by atoms with Crippen LogP contribution in [0.15, 0.2) is 39.7 Å². The minimum atomic E-state index is 0. The van der Waals surface area contributed by atoms with E-state index in [0.29, 0.717) is 23.3 Å². The van der Waals surface area contributed by atoms with Crippen LogP contribution in [0.2, 0.25) is 5.02 Å². The van der Waals surface area contributed by atoms with Gasteiger partial charge in [-0.25, -0.2) is 0 Å². The summed E-state index contributed by atoms with van der Waals surface area (Å²) in [5.41, 5.74) is 6.84. The van der Waals surface area contributed by atoms with Gasteiger partial charge in [0, 0.05) is 5.69 Å². The third-order valence-electron chi connectivity index (χ3n) is 4.53. The lowest BCUT2D eigenvalue weighted by molar-refractivity contribution is 0.219.